The van der Waals surface area contributed by atoms with Gasteiger partial charge in [0.2, 0.25) is 0 Å². The number of benzene rings is 1. The molecule has 0 spiro atoms. The first kappa shape index (κ1) is 10.4. The molecule has 6 nitrogen and oxygen atoms in total. The number of nitrogens with zero attached hydrogens (tertiary/aromatic N) is 3. The smallest absolute Gasteiger partial charge is 0.132 e. The summed E-state index contributed by atoms with van der Waals surface area (Å²) in [7, 11) is 0. The quantitative estimate of drug-likeness (QED) is 0.478. The fourth-order valence-electron chi connectivity index (χ4n) is 1.53. The second-order valence-corrected chi connectivity index (χ2v) is 3.28. The van der Waals surface area contributed by atoms with Crippen molar-refractivity contribution in [1.29, 1.82) is 0 Å². The fraction of sp³-hybridized carbons (Fsp3) is 0.200. The molecule has 0 saturated carbocycles. The van der Waals surface area contributed by atoms with Gasteiger partial charge >= 0.3 is 0 Å². The lowest BCUT2D eigenvalue weighted by Crippen LogP contribution is -2.15. The van der Waals surface area contributed by atoms with Gasteiger partial charge in [0.25, 0.3) is 0 Å². The van der Waals surface area contributed by atoms with Crippen molar-refractivity contribution >= 4 is 5.69 Å². The van der Waals surface area contributed by atoms with E-state index in [1.165, 1.54) is 6.33 Å². The zero-order valence-corrected chi connectivity index (χ0v) is 8.54. The number of hydrogen-bond donors (Lipinski definition) is 3. The molecule has 0 bridgehead atoms. The van der Waals surface area contributed by atoms with Gasteiger partial charge < -0.3 is 16.0 Å². The molecule has 0 unspecified atom stereocenters. The normalized spacial score (nSPS) is 12.2. The van der Waals surface area contributed by atoms with Gasteiger partial charge in [-0.25, -0.2) is 4.98 Å². The van der Waals surface area contributed by atoms with Crippen LogP contribution in [0.4, 0.5) is 5.69 Å². The minimum atomic E-state index is -0.0226. The molecule has 0 aromatic carbocycles. The largest absolute Gasteiger partial charge is 0.427 e. The standard InChI is InChI=1S/C10H12N4O2/c11-8-1-2-9(13-3-4-15)7-5-12-6-14(16)10(7)8/h1-2,5-6,15-16H,3-4,11H2. The van der Waals surface area contributed by atoms with Gasteiger partial charge in [-0.15, -0.1) is 0 Å². The van der Waals surface area contributed by atoms with Crippen LogP contribution in [0.5, 0.6) is 0 Å². The van der Waals surface area contributed by atoms with Crippen LogP contribution in [0.2, 0.25) is 0 Å². The monoisotopic (exact) mass is 220 g/mol. The van der Waals surface area contributed by atoms with Gasteiger partial charge in [-0.3, -0.25) is 4.99 Å². The van der Waals surface area contributed by atoms with Crippen LogP contribution in [0, 0.1) is 0 Å². The summed E-state index contributed by atoms with van der Waals surface area (Å²) < 4.78 is 0.864. The summed E-state index contributed by atoms with van der Waals surface area (Å²) in [5.41, 5.74) is 7.32. The second kappa shape index (κ2) is 4.19. The maximum absolute atomic E-state index is 9.59. The maximum Gasteiger partial charge on any atom is 0.132 e. The summed E-state index contributed by atoms with van der Waals surface area (Å²) >= 11 is 0. The fourth-order valence-corrected chi connectivity index (χ4v) is 1.53. The van der Waals surface area contributed by atoms with E-state index in [2.05, 4.69) is 9.98 Å². The molecule has 0 saturated heterocycles. The Morgan fingerprint density at radius 1 is 1.44 bits per heavy atom. The predicted octanol–water partition coefficient (Wildman–Crippen LogP) is -0.300. The molecule has 2 aliphatic rings. The first-order chi connectivity index (χ1) is 7.74. The molecule has 1 aliphatic heterocycles. The summed E-state index contributed by atoms with van der Waals surface area (Å²) in [6.45, 7) is 0.282. The molecule has 1 heterocycles. The third-order valence-electron chi connectivity index (χ3n) is 2.22. The molecule has 4 N–H and O–H groups in total. The third-order valence-corrected chi connectivity index (χ3v) is 2.22. The van der Waals surface area contributed by atoms with E-state index in [1.807, 2.05) is 0 Å². The zero-order chi connectivity index (χ0) is 11.5. The minimum absolute atomic E-state index is 0.0226. The molecular weight excluding hydrogens is 208 g/mol. The summed E-state index contributed by atoms with van der Waals surface area (Å²) in [5, 5.41) is 19.0. The lowest BCUT2D eigenvalue weighted by molar-refractivity contribution is 0.185. The van der Waals surface area contributed by atoms with Crippen molar-refractivity contribution in [2.75, 3.05) is 18.9 Å². The van der Waals surface area contributed by atoms with Crippen molar-refractivity contribution in [3.63, 3.8) is 0 Å². The topological polar surface area (TPSA) is 96.7 Å². The maximum atomic E-state index is 9.59. The van der Waals surface area contributed by atoms with Gasteiger partial charge in [0.05, 0.1) is 24.2 Å². The van der Waals surface area contributed by atoms with Gasteiger partial charge in [0.1, 0.15) is 12.0 Å². The first-order valence-corrected chi connectivity index (χ1v) is 4.79. The first-order valence-electron chi connectivity index (χ1n) is 4.79. The number of aromatic nitrogens is 2. The molecule has 0 aromatic heterocycles. The molecule has 0 fully saturated rings. The van der Waals surface area contributed by atoms with E-state index in [0.29, 0.717) is 28.8 Å². The Morgan fingerprint density at radius 3 is 3.00 bits per heavy atom. The molecule has 0 aromatic rings. The van der Waals surface area contributed by atoms with Crippen molar-refractivity contribution in [2.45, 2.75) is 0 Å². The van der Waals surface area contributed by atoms with E-state index in [-0.39, 0.29) is 6.61 Å². The van der Waals surface area contributed by atoms with Crippen LogP contribution in [0.15, 0.2) is 29.6 Å². The van der Waals surface area contributed by atoms with Crippen LogP contribution in [0.3, 0.4) is 0 Å². The Kier molecular flexibility index (Phi) is 2.74. The van der Waals surface area contributed by atoms with Crippen LogP contribution in [-0.2, 0) is 0 Å². The molecule has 0 atom stereocenters. The van der Waals surface area contributed by atoms with Crippen LogP contribution in [0.1, 0.15) is 0 Å². The van der Waals surface area contributed by atoms with Gasteiger partial charge in [-0.2, -0.15) is 4.73 Å². The Morgan fingerprint density at radius 2 is 2.25 bits per heavy atom. The number of anilines is 1. The van der Waals surface area contributed by atoms with Crippen molar-refractivity contribution in [1.82, 2.24) is 9.71 Å². The molecule has 0 amide bonds. The van der Waals surface area contributed by atoms with Crippen molar-refractivity contribution in [2.24, 2.45) is 4.99 Å². The number of aliphatic hydroxyl groups excluding tert-OH is 1. The zero-order valence-electron chi connectivity index (χ0n) is 8.54. The summed E-state index contributed by atoms with van der Waals surface area (Å²) in [6.07, 6.45) is 2.84. The van der Waals surface area contributed by atoms with E-state index in [4.69, 9.17) is 10.8 Å². The Balaban J connectivity index is 2.70. The lowest BCUT2D eigenvalue weighted by Gasteiger charge is -2.11. The SMILES string of the molecule is Nc1ccc(=NCCO)c2cncn(O)c1-2. The van der Waals surface area contributed by atoms with Crippen LogP contribution in [0.25, 0.3) is 11.3 Å². The average Bonchev–Trinajstić information content (AvgIpc) is 2.28. The van der Waals surface area contributed by atoms with Crippen LogP contribution >= 0.6 is 0 Å². The van der Waals surface area contributed by atoms with Crippen molar-refractivity contribution in [3.8, 4) is 11.3 Å². The number of nitrogen functional groups attached to an aromatic ring is 1. The Hall–Kier alpha value is -2.08. The number of nitrogens with two attached hydrogens (primary N) is 1. The van der Waals surface area contributed by atoms with Crippen molar-refractivity contribution in [3.05, 3.63) is 30.0 Å². The van der Waals surface area contributed by atoms with E-state index >= 15 is 0 Å². The van der Waals surface area contributed by atoms with Crippen LogP contribution < -0.4 is 11.1 Å². The molecule has 6 heteroatoms. The van der Waals surface area contributed by atoms with Crippen molar-refractivity contribution < 1.29 is 10.3 Å². The Bertz CT molecular complexity index is 535. The van der Waals surface area contributed by atoms with Gasteiger partial charge in [-0.1, -0.05) is 0 Å². The number of fused-ring (bicyclic) bond motifs is 1. The molecule has 84 valence electrons. The lowest BCUT2D eigenvalue weighted by atomic mass is 10.1. The predicted molar refractivity (Wildman–Crippen MR) is 58.0 cm³/mol. The molecule has 1 aliphatic carbocycles. The highest BCUT2D eigenvalue weighted by Gasteiger charge is 2.11. The van der Waals surface area contributed by atoms with E-state index in [9.17, 15) is 5.21 Å². The second-order valence-electron chi connectivity index (χ2n) is 3.28. The van der Waals surface area contributed by atoms with Crippen LogP contribution in [-0.4, -0.2) is 33.2 Å². The number of hydrogen-bond acceptors (Lipinski definition) is 5. The highest BCUT2D eigenvalue weighted by molar-refractivity contribution is 5.73. The van der Waals surface area contributed by atoms with E-state index in [1.54, 1.807) is 18.3 Å². The molecule has 0 radical (unpaired) electrons. The number of rotatable bonds is 2. The van der Waals surface area contributed by atoms with E-state index in [0.717, 1.165) is 4.73 Å². The summed E-state index contributed by atoms with van der Waals surface area (Å²) in [6, 6.07) is 3.39. The van der Waals surface area contributed by atoms with Gasteiger partial charge in [0, 0.05) is 11.8 Å². The average molecular weight is 220 g/mol. The number of aliphatic hydroxyl groups is 1. The highest BCUT2D eigenvalue weighted by Crippen LogP contribution is 2.21. The summed E-state index contributed by atoms with van der Waals surface area (Å²) in [4.78, 5) is 8.02. The minimum Gasteiger partial charge on any atom is -0.427 e. The molecule has 16 heavy (non-hydrogen) atoms. The molecule has 2 rings (SSSR count). The summed E-state index contributed by atoms with van der Waals surface area (Å²) in [5.74, 6) is 0. The highest BCUT2D eigenvalue weighted by atomic mass is 16.5. The Labute approximate surface area is 91.6 Å². The van der Waals surface area contributed by atoms with E-state index < -0.39 is 0 Å². The van der Waals surface area contributed by atoms with Gasteiger partial charge in [-0.05, 0) is 12.1 Å². The molecular formula is C10H12N4O2. The third kappa shape index (κ3) is 1.70. The van der Waals surface area contributed by atoms with Gasteiger partial charge in [0.15, 0.2) is 0 Å².